The average molecular weight is 352 g/mol. The van der Waals surface area contributed by atoms with E-state index in [0.29, 0.717) is 19.0 Å². The summed E-state index contributed by atoms with van der Waals surface area (Å²) in [5.41, 5.74) is 0. The molecule has 5 nitrogen and oxygen atoms in total. The van der Waals surface area contributed by atoms with Crippen LogP contribution in [0.1, 0.15) is 31.9 Å². The fourth-order valence-corrected chi connectivity index (χ4v) is 4.78. The molecule has 0 aromatic carbocycles. The van der Waals surface area contributed by atoms with Gasteiger partial charge in [-0.25, -0.2) is 8.42 Å². The van der Waals surface area contributed by atoms with Crippen molar-refractivity contribution in [2.45, 2.75) is 37.7 Å². The number of halogens is 1. The zero-order chi connectivity index (χ0) is 14.0. The molecule has 7 heteroatoms. The van der Waals surface area contributed by atoms with Gasteiger partial charge >= 0.3 is 0 Å². The van der Waals surface area contributed by atoms with Crippen molar-refractivity contribution in [1.82, 2.24) is 4.31 Å². The van der Waals surface area contributed by atoms with Crippen molar-refractivity contribution in [3.05, 3.63) is 16.5 Å². The number of nitrogens with zero attached hydrogens (tertiary/aromatic N) is 1. The number of aliphatic hydroxyl groups excluding tert-OH is 1. The zero-order valence-electron chi connectivity index (χ0n) is 10.8. The van der Waals surface area contributed by atoms with Crippen molar-refractivity contribution in [2.24, 2.45) is 5.92 Å². The Morgan fingerprint density at radius 2 is 2.11 bits per heavy atom. The Morgan fingerprint density at radius 3 is 2.58 bits per heavy atom. The average Bonchev–Trinajstić information content (AvgIpc) is 2.81. The molecular weight excluding hydrogens is 334 g/mol. The van der Waals surface area contributed by atoms with E-state index >= 15 is 0 Å². The van der Waals surface area contributed by atoms with Crippen LogP contribution in [0.4, 0.5) is 0 Å². The molecule has 19 heavy (non-hydrogen) atoms. The van der Waals surface area contributed by atoms with Crippen LogP contribution in [0.2, 0.25) is 0 Å². The molecule has 108 valence electrons. The van der Waals surface area contributed by atoms with E-state index in [1.807, 2.05) is 0 Å². The lowest BCUT2D eigenvalue weighted by Crippen LogP contribution is -2.38. The summed E-state index contributed by atoms with van der Waals surface area (Å²) in [5.74, 6) is 0.862. The van der Waals surface area contributed by atoms with Gasteiger partial charge in [-0.15, -0.1) is 0 Å². The minimum atomic E-state index is -3.53. The van der Waals surface area contributed by atoms with Crippen LogP contribution in [0, 0.1) is 5.92 Å². The third-order valence-corrected chi connectivity index (χ3v) is 6.39. The second-order valence-electron chi connectivity index (χ2n) is 4.76. The number of rotatable bonds is 4. The Kier molecular flexibility index (Phi) is 4.70. The minimum absolute atomic E-state index is 0.103. The maximum absolute atomic E-state index is 12.5. The van der Waals surface area contributed by atoms with Gasteiger partial charge in [0.05, 0.1) is 0 Å². The largest absolute Gasteiger partial charge is 0.450 e. The van der Waals surface area contributed by atoms with E-state index in [2.05, 4.69) is 22.9 Å². The summed E-state index contributed by atoms with van der Waals surface area (Å²) in [6.07, 6.45) is 2.90. The van der Waals surface area contributed by atoms with Crippen molar-refractivity contribution < 1.29 is 17.9 Å². The summed E-state index contributed by atoms with van der Waals surface area (Å²) >= 11 is 3.10. The highest BCUT2D eigenvalue weighted by atomic mass is 79.9. The van der Waals surface area contributed by atoms with Crippen molar-refractivity contribution >= 4 is 26.0 Å². The molecule has 1 aromatic heterocycles. The maximum Gasteiger partial charge on any atom is 0.247 e. The second-order valence-corrected chi connectivity index (χ2v) is 7.39. The van der Waals surface area contributed by atoms with Crippen molar-refractivity contribution in [3.8, 4) is 0 Å². The first-order chi connectivity index (χ1) is 8.98. The number of piperidine rings is 1. The molecule has 1 aliphatic heterocycles. The number of aliphatic hydroxyl groups is 1. The van der Waals surface area contributed by atoms with E-state index in [-0.39, 0.29) is 21.9 Å². The Bertz CT molecular complexity index is 532. The SMILES string of the molecule is CCC1CCN(S(=O)(=O)c2cc(CO)oc2Br)CC1. The van der Waals surface area contributed by atoms with E-state index in [1.54, 1.807) is 0 Å². The molecule has 2 heterocycles. The molecule has 2 rings (SSSR count). The predicted molar refractivity (Wildman–Crippen MR) is 74.1 cm³/mol. The van der Waals surface area contributed by atoms with Crippen LogP contribution in [0.25, 0.3) is 0 Å². The van der Waals surface area contributed by atoms with Gasteiger partial charge in [0, 0.05) is 19.2 Å². The van der Waals surface area contributed by atoms with Crippen LogP contribution in [0.5, 0.6) is 0 Å². The second kappa shape index (κ2) is 5.95. The third kappa shape index (κ3) is 3.04. The van der Waals surface area contributed by atoms with E-state index < -0.39 is 10.0 Å². The van der Waals surface area contributed by atoms with Crippen molar-refractivity contribution in [1.29, 1.82) is 0 Å². The first-order valence-electron chi connectivity index (χ1n) is 6.38. The Labute approximate surface area is 121 Å². The molecule has 0 radical (unpaired) electrons. The quantitative estimate of drug-likeness (QED) is 0.903. The summed E-state index contributed by atoms with van der Waals surface area (Å²) in [4.78, 5) is 0.103. The molecule has 0 bridgehead atoms. The van der Waals surface area contributed by atoms with Crippen LogP contribution in [0.3, 0.4) is 0 Å². The molecule has 1 fully saturated rings. The summed E-state index contributed by atoms with van der Waals surface area (Å²) in [6.45, 7) is 2.92. The molecule has 1 aliphatic rings. The molecule has 1 aromatic rings. The van der Waals surface area contributed by atoms with E-state index in [4.69, 9.17) is 9.52 Å². The standard InChI is InChI=1S/C12H18BrNO4S/c1-2-9-3-5-14(6-4-9)19(16,17)11-7-10(8-15)18-12(11)13/h7,9,15H,2-6,8H2,1H3. The predicted octanol–water partition coefficient (Wildman–Crippen LogP) is 2.35. The highest BCUT2D eigenvalue weighted by Crippen LogP contribution is 2.31. The summed E-state index contributed by atoms with van der Waals surface area (Å²) < 4.78 is 31.8. The van der Waals surface area contributed by atoms with Gasteiger partial charge in [-0.2, -0.15) is 4.31 Å². The highest BCUT2D eigenvalue weighted by Gasteiger charge is 2.32. The van der Waals surface area contributed by atoms with Gasteiger partial charge in [0.1, 0.15) is 17.3 Å². The molecule has 0 atom stereocenters. The lowest BCUT2D eigenvalue weighted by Gasteiger charge is -2.30. The van der Waals surface area contributed by atoms with E-state index in [9.17, 15) is 8.42 Å². The maximum atomic E-state index is 12.5. The molecular formula is C12H18BrNO4S. The number of sulfonamides is 1. The summed E-state index contributed by atoms with van der Waals surface area (Å²) in [7, 11) is -3.53. The van der Waals surface area contributed by atoms with Gasteiger partial charge in [0.25, 0.3) is 0 Å². The van der Waals surface area contributed by atoms with Crippen molar-refractivity contribution in [3.63, 3.8) is 0 Å². The Morgan fingerprint density at radius 1 is 1.47 bits per heavy atom. The fourth-order valence-electron chi connectivity index (χ4n) is 2.35. The molecule has 1 N–H and O–H groups in total. The van der Waals surface area contributed by atoms with Crippen LogP contribution in [-0.2, 0) is 16.6 Å². The minimum Gasteiger partial charge on any atom is -0.450 e. The Balaban J connectivity index is 2.20. The third-order valence-electron chi connectivity index (χ3n) is 3.63. The summed E-state index contributed by atoms with van der Waals surface area (Å²) in [6, 6.07) is 1.38. The fraction of sp³-hybridized carbons (Fsp3) is 0.667. The van der Waals surface area contributed by atoms with Crippen LogP contribution in [0.15, 0.2) is 20.0 Å². The number of furan rings is 1. The highest BCUT2D eigenvalue weighted by molar-refractivity contribution is 9.10. The van der Waals surface area contributed by atoms with Crippen LogP contribution < -0.4 is 0 Å². The first-order valence-corrected chi connectivity index (χ1v) is 8.61. The van der Waals surface area contributed by atoms with E-state index in [1.165, 1.54) is 10.4 Å². The van der Waals surface area contributed by atoms with Gasteiger partial charge in [0.15, 0.2) is 4.67 Å². The molecule has 0 unspecified atom stereocenters. The van der Waals surface area contributed by atoms with Gasteiger partial charge in [-0.3, -0.25) is 0 Å². The molecule has 1 saturated heterocycles. The van der Waals surface area contributed by atoms with E-state index in [0.717, 1.165) is 19.3 Å². The monoisotopic (exact) mass is 351 g/mol. The molecule has 0 amide bonds. The van der Waals surface area contributed by atoms with Gasteiger partial charge < -0.3 is 9.52 Å². The lowest BCUT2D eigenvalue weighted by atomic mass is 9.96. The normalized spacial score (nSPS) is 18.9. The number of hydrogen-bond donors (Lipinski definition) is 1. The van der Waals surface area contributed by atoms with Gasteiger partial charge in [-0.05, 0) is 34.7 Å². The van der Waals surface area contributed by atoms with Gasteiger partial charge in [-0.1, -0.05) is 13.3 Å². The van der Waals surface area contributed by atoms with Gasteiger partial charge in [0.2, 0.25) is 10.0 Å². The summed E-state index contributed by atoms with van der Waals surface area (Å²) in [5, 5.41) is 9.00. The zero-order valence-corrected chi connectivity index (χ0v) is 13.2. The molecule has 0 aliphatic carbocycles. The van der Waals surface area contributed by atoms with Crippen LogP contribution >= 0.6 is 15.9 Å². The smallest absolute Gasteiger partial charge is 0.247 e. The Hall–Kier alpha value is -0.370. The topological polar surface area (TPSA) is 70.8 Å². The molecule has 0 saturated carbocycles. The first kappa shape index (κ1) is 15.0. The van der Waals surface area contributed by atoms with Crippen LogP contribution in [-0.4, -0.2) is 30.9 Å². The lowest BCUT2D eigenvalue weighted by molar-refractivity contribution is 0.244. The molecule has 0 spiro atoms. The number of hydrogen-bond acceptors (Lipinski definition) is 4. The van der Waals surface area contributed by atoms with Crippen molar-refractivity contribution in [2.75, 3.05) is 13.1 Å².